The number of carbonyl (C=O) groups excluding carboxylic acids is 2. The highest BCUT2D eigenvalue weighted by molar-refractivity contribution is 5.87. The number of ketones is 1. The second-order valence-corrected chi connectivity index (χ2v) is 8.34. The number of fused-ring (bicyclic) bond motifs is 1. The Hall–Kier alpha value is -1.06. The summed E-state index contributed by atoms with van der Waals surface area (Å²) < 4.78 is 5.54. The van der Waals surface area contributed by atoms with E-state index in [1.54, 1.807) is 0 Å². The predicted octanol–water partition coefficient (Wildman–Crippen LogP) is 5.74. The zero-order valence-corrected chi connectivity index (χ0v) is 18.0. The molecular formula is C21H41NO3. The third kappa shape index (κ3) is 6.00. The van der Waals surface area contributed by atoms with Crippen molar-refractivity contribution in [1.82, 2.24) is 5.32 Å². The van der Waals surface area contributed by atoms with Gasteiger partial charge in [-0.25, -0.2) is 4.79 Å². The molecule has 4 heteroatoms. The molecule has 148 valence electrons. The third-order valence-corrected chi connectivity index (χ3v) is 5.25. The minimum atomic E-state index is -0.481. The summed E-state index contributed by atoms with van der Waals surface area (Å²) >= 11 is 0. The van der Waals surface area contributed by atoms with Crippen LogP contribution in [0.25, 0.3) is 0 Å². The Bertz CT molecular complexity index is 427. The molecule has 25 heavy (non-hydrogen) atoms. The summed E-state index contributed by atoms with van der Waals surface area (Å²) in [7, 11) is 0. The number of carbonyl (C=O) groups is 2. The maximum atomic E-state index is 12.1. The van der Waals surface area contributed by atoms with Gasteiger partial charge >= 0.3 is 6.09 Å². The second kappa shape index (κ2) is 10.2. The average Bonchev–Trinajstić information content (AvgIpc) is 2.56. The van der Waals surface area contributed by atoms with Crippen molar-refractivity contribution in [2.45, 2.75) is 107 Å². The zero-order chi connectivity index (χ0) is 19.8. The van der Waals surface area contributed by atoms with Gasteiger partial charge in [0.05, 0.1) is 6.04 Å². The Morgan fingerprint density at radius 2 is 1.72 bits per heavy atom. The van der Waals surface area contributed by atoms with E-state index in [-0.39, 0.29) is 22.7 Å². The van der Waals surface area contributed by atoms with Crippen molar-refractivity contribution < 1.29 is 14.3 Å². The number of ether oxygens (including phenoxy) is 1. The summed E-state index contributed by atoms with van der Waals surface area (Å²) in [6, 6.07) is -0.481. The molecule has 0 aromatic carbocycles. The van der Waals surface area contributed by atoms with Crippen LogP contribution < -0.4 is 5.32 Å². The number of amides is 1. The van der Waals surface area contributed by atoms with Crippen molar-refractivity contribution in [2.75, 3.05) is 0 Å². The van der Waals surface area contributed by atoms with Gasteiger partial charge in [0.2, 0.25) is 0 Å². The van der Waals surface area contributed by atoms with Crippen molar-refractivity contribution in [1.29, 1.82) is 0 Å². The van der Waals surface area contributed by atoms with Gasteiger partial charge in [0, 0.05) is 11.8 Å². The predicted molar refractivity (Wildman–Crippen MR) is 105 cm³/mol. The van der Waals surface area contributed by atoms with Gasteiger partial charge in [0.1, 0.15) is 6.10 Å². The van der Waals surface area contributed by atoms with Gasteiger partial charge in [-0.15, -0.1) is 0 Å². The molecule has 0 aromatic rings. The van der Waals surface area contributed by atoms with E-state index in [1.807, 2.05) is 41.5 Å². The average molecular weight is 356 g/mol. The fourth-order valence-corrected chi connectivity index (χ4v) is 3.43. The largest absolute Gasteiger partial charge is 0.446 e. The third-order valence-electron chi connectivity index (χ3n) is 5.25. The van der Waals surface area contributed by atoms with E-state index in [2.05, 4.69) is 26.1 Å². The summed E-state index contributed by atoms with van der Waals surface area (Å²) in [4.78, 5) is 24.0. The van der Waals surface area contributed by atoms with E-state index >= 15 is 0 Å². The number of Topliss-reactive ketones (excluding diaryl/α,β-unsaturated/α-hetero) is 1. The summed E-state index contributed by atoms with van der Waals surface area (Å²) in [5.74, 6) is 0.784. The molecular weight excluding hydrogens is 314 g/mol. The molecule has 4 nitrogen and oxygen atoms in total. The molecule has 3 unspecified atom stereocenters. The lowest BCUT2D eigenvalue weighted by Crippen LogP contribution is -2.61. The molecule has 0 spiro atoms. The summed E-state index contributed by atoms with van der Waals surface area (Å²) in [6.07, 6.45) is 4.64. The van der Waals surface area contributed by atoms with Crippen LogP contribution in [0.5, 0.6) is 0 Å². The SMILES string of the molecule is CC.CCC.CCC(=O)C(NC(=O)OC1C[C@H]2CCC12C)C(C)(C)C. The normalized spacial score (nSPS) is 27.6. The highest BCUT2D eigenvalue weighted by Gasteiger charge is 2.59. The van der Waals surface area contributed by atoms with Crippen LogP contribution in [-0.2, 0) is 9.53 Å². The van der Waals surface area contributed by atoms with Gasteiger partial charge in [-0.1, -0.05) is 68.7 Å². The van der Waals surface area contributed by atoms with Gasteiger partial charge in [-0.3, -0.25) is 4.79 Å². The molecule has 2 fully saturated rings. The van der Waals surface area contributed by atoms with Crippen molar-refractivity contribution in [3.8, 4) is 0 Å². The smallest absolute Gasteiger partial charge is 0.408 e. The van der Waals surface area contributed by atoms with Crippen LogP contribution >= 0.6 is 0 Å². The number of hydrogen-bond donors (Lipinski definition) is 1. The zero-order valence-electron chi connectivity index (χ0n) is 18.0. The standard InChI is InChI=1S/C16H27NO3.C3H8.C2H6/c1-6-11(18)13(15(2,3)4)17-14(19)20-12-9-10-7-8-16(10,12)5;1-3-2;1-2/h10,12-13H,6-9H2,1-5H3,(H,17,19);3H2,1-2H3;1-2H3/t10-,12?,13?,16?;;/m1../s1. The Kier molecular flexibility index (Phi) is 9.75. The van der Waals surface area contributed by atoms with Gasteiger partial charge < -0.3 is 10.1 Å². The van der Waals surface area contributed by atoms with Gasteiger partial charge in [-0.05, 0) is 30.6 Å². The van der Waals surface area contributed by atoms with Crippen LogP contribution in [0.15, 0.2) is 0 Å². The molecule has 0 aliphatic heterocycles. The number of alkyl carbamates (subject to hydrolysis) is 1. The van der Waals surface area contributed by atoms with Gasteiger partial charge in [0.25, 0.3) is 0 Å². The van der Waals surface area contributed by atoms with E-state index in [9.17, 15) is 9.59 Å². The molecule has 1 N–H and O–H groups in total. The van der Waals surface area contributed by atoms with Gasteiger partial charge in [0.15, 0.2) is 5.78 Å². The molecule has 4 atom stereocenters. The summed E-state index contributed by atoms with van der Waals surface area (Å²) in [6.45, 7) is 18.1. The fourth-order valence-electron chi connectivity index (χ4n) is 3.43. The molecule has 2 saturated carbocycles. The highest BCUT2D eigenvalue weighted by Crippen LogP contribution is 2.61. The van der Waals surface area contributed by atoms with Crippen LogP contribution in [0.1, 0.15) is 94.4 Å². The minimum Gasteiger partial charge on any atom is -0.446 e. The Balaban J connectivity index is 0.00000104. The second-order valence-electron chi connectivity index (χ2n) is 8.34. The summed E-state index contributed by atoms with van der Waals surface area (Å²) in [5.41, 5.74) is -0.0992. The van der Waals surface area contributed by atoms with Crippen molar-refractivity contribution >= 4 is 11.9 Å². The minimum absolute atomic E-state index is 0.0265. The molecule has 0 saturated heterocycles. The molecule has 2 aliphatic rings. The van der Waals surface area contributed by atoms with Crippen molar-refractivity contribution in [2.24, 2.45) is 16.7 Å². The molecule has 2 aliphatic carbocycles. The Morgan fingerprint density at radius 3 is 2.00 bits per heavy atom. The van der Waals surface area contributed by atoms with E-state index in [4.69, 9.17) is 4.74 Å². The monoisotopic (exact) mass is 355 g/mol. The summed E-state index contributed by atoms with van der Waals surface area (Å²) in [5, 5.41) is 2.77. The molecule has 0 aromatic heterocycles. The molecule has 0 radical (unpaired) electrons. The Morgan fingerprint density at radius 1 is 1.20 bits per heavy atom. The number of nitrogens with one attached hydrogen (secondary N) is 1. The van der Waals surface area contributed by atoms with Crippen molar-refractivity contribution in [3.63, 3.8) is 0 Å². The van der Waals surface area contributed by atoms with E-state index < -0.39 is 12.1 Å². The first-order valence-electron chi connectivity index (χ1n) is 10.1. The van der Waals surface area contributed by atoms with E-state index in [0.29, 0.717) is 6.42 Å². The maximum absolute atomic E-state index is 12.1. The van der Waals surface area contributed by atoms with E-state index in [0.717, 1.165) is 18.8 Å². The lowest BCUT2D eigenvalue weighted by molar-refractivity contribution is -0.177. The first-order chi connectivity index (χ1) is 11.6. The van der Waals surface area contributed by atoms with Gasteiger partial charge in [-0.2, -0.15) is 0 Å². The molecule has 0 bridgehead atoms. The lowest BCUT2D eigenvalue weighted by Gasteiger charge is -2.61. The van der Waals surface area contributed by atoms with Crippen molar-refractivity contribution in [3.05, 3.63) is 0 Å². The first kappa shape index (κ1) is 23.9. The highest BCUT2D eigenvalue weighted by atomic mass is 16.6. The van der Waals surface area contributed by atoms with Crippen LogP contribution in [0, 0.1) is 16.7 Å². The molecule has 0 heterocycles. The van der Waals surface area contributed by atoms with E-state index in [1.165, 1.54) is 12.8 Å². The number of hydrogen-bond acceptors (Lipinski definition) is 3. The first-order valence-corrected chi connectivity index (χ1v) is 10.1. The fraction of sp³-hybridized carbons (Fsp3) is 0.905. The maximum Gasteiger partial charge on any atom is 0.408 e. The quantitative estimate of drug-likeness (QED) is 0.700. The van der Waals surface area contributed by atoms with Crippen LogP contribution in [0.4, 0.5) is 4.79 Å². The Labute approximate surface area is 155 Å². The molecule has 2 rings (SSSR count). The topological polar surface area (TPSA) is 55.4 Å². The lowest BCUT2D eigenvalue weighted by atomic mass is 9.47. The molecule has 1 amide bonds. The van der Waals surface area contributed by atoms with Crippen LogP contribution in [-0.4, -0.2) is 24.0 Å². The van der Waals surface area contributed by atoms with Crippen LogP contribution in [0.3, 0.4) is 0 Å². The van der Waals surface area contributed by atoms with Crippen LogP contribution in [0.2, 0.25) is 0 Å². The number of rotatable bonds is 4.